The molecule has 0 aliphatic heterocycles. The van der Waals surface area contributed by atoms with E-state index in [0.29, 0.717) is 17.3 Å². The Bertz CT molecular complexity index is 516. The van der Waals surface area contributed by atoms with Crippen LogP contribution in [0.15, 0.2) is 36.5 Å². The molecule has 0 bridgehead atoms. The molecule has 0 aliphatic rings. The number of pyridine rings is 1. The molecule has 0 saturated carbocycles. The van der Waals surface area contributed by atoms with Crippen LogP contribution in [0.1, 0.15) is 5.56 Å². The maximum atomic E-state index is 13.0. The lowest BCUT2D eigenvalue weighted by molar-refractivity contribution is 0.466. The minimum absolute atomic E-state index is 0.0563. The molecule has 5 heteroatoms. The molecule has 2 rings (SSSR count). The van der Waals surface area contributed by atoms with Crippen LogP contribution in [0.3, 0.4) is 0 Å². The first-order valence-corrected chi connectivity index (χ1v) is 5.36. The molecular formula is C12H10ClFN2O. The summed E-state index contributed by atoms with van der Waals surface area (Å²) in [5.41, 5.74) is 1.23. The fourth-order valence-electron chi connectivity index (χ4n) is 1.37. The first kappa shape index (κ1) is 11.7. The molecule has 0 radical (unpaired) electrons. The van der Waals surface area contributed by atoms with Crippen molar-refractivity contribution >= 4 is 17.3 Å². The second-order valence-corrected chi connectivity index (χ2v) is 3.88. The molecule has 17 heavy (non-hydrogen) atoms. The number of aromatic nitrogens is 1. The highest BCUT2D eigenvalue weighted by Gasteiger charge is 2.02. The number of anilines is 1. The Balaban J connectivity index is 2.07. The number of nitrogens with one attached hydrogen (secondary N) is 1. The van der Waals surface area contributed by atoms with Crippen LogP contribution in [-0.2, 0) is 6.54 Å². The molecule has 1 aromatic carbocycles. The second-order valence-electron chi connectivity index (χ2n) is 3.50. The summed E-state index contributed by atoms with van der Waals surface area (Å²) < 4.78 is 13.0. The molecule has 0 unspecified atom stereocenters. The van der Waals surface area contributed by atoms with Crippen LogP contribution < -0.4 is 5.32 Å². The van der Waals surface area contributed by atoms with Gasteiger partial charge in [-0.1, -0.05) is 11.6 Å². The highest BCUT2D eigenvalue weighted by molar-refractivity contribution is 6.29. The molecule has 3 nitrogen and oxygen atoms in total. The molecule has 0 saturated heterocycles. The van der Waals surface area contributed by atoms with Crippen molar-refractivity contribution in [1.82, 2.24) is 4.98 Å². The summed E-state index contributed by atoms with van der Waals surface area (Å²) in [6.07, 6.45) is 1.57. The minimum atomic E-state index is -0.381. The number of rotatable bonds is 3. The van der Waals surface area contributed by atoms with Crippen LogP contribution >= 0.6 is 11.6 Å². The van der Waals surface area contributed by atoms with E-state index in [2.05, 4.69) is 10.3 Å². The summed E-state index contributed by atoms with van der Waals surface area (Å²) in [5.74, 6) is -0.324. The summed E-state index contributed by atoms with van der Waals surface area (Å²) in [6, 6.07) is 7.22. The summed E-state index contributed by atoms with van der Waals surface area (Å²) in [7, 11) is 0. The number of halogens is 2. The zero-order valence-electron chi connectivity index (χ0n) is 8.82. The third-order valence-corrected chi connectivity index (χ3v) is 2.48. The lowest BCUT2D eigenvalue weighted by Crippen LogP contribution is -2.00. The van der Waals surface area contributed by atoms with Gasteiger partial charge in [0.25, 0.3) is 0 Å². The molecule has 0 fully saturated rings. The first-order valence-electron chi connectivity index (χ1n) is 4.98. The second kappa shape index (κ2) is 5.01. The Morgan fingerprint density at radius 1 is 1.29 bits per heavy atom. The highest BCUT2D eigenvalue weighted by atomic mass is 35.5. The van der Waals surface area contributed by atoms with E-state index in [0.717, 1.165) is 5.69 Å². The van der Waals surface area contributed by atoms with Gasteiger partial charge in [0.1, 0.15) is 16.7 Å². The zero-order chi connectivity index (χ0) is 12.3. The van der Waals surface area contributed by atoms with Crippen molar-refractivity contribution in [3.63, 3.8) is 0 Å². The number of hydrogen-bond donors (Lipinski definition) is 2. The number of phenolic OH excluding ortho intramolecular Hbond substituents is 1. The number of phenols is 1. The van der Waals surface area contributed by atoms with E-state index in [4.69, 9.17) is 11.6 Å². The Hall–Kier alpha value is -1.81. The quantitative estimate of drug-likeness (QED) is 0.825. The third-order valence-electron chi connectivity index (χ3n) is 2.25. The van der Waals surface area contributed by atoms with Gasteiger partial charge in [-0.2, -0.15) is 0 Å². The van der Waals surface area contributed by atoms with E-state index < -0.39 is 0 Å². The molecular weight excluding hydrogens is 243 g/mol. The summed E-state index contributed by atoms with van der Waals surface area (Å²) >= 11 is 5.65. The molecule has 0 spiro atoms. The maximum absolute atomic E-state index is 13.0. The fraction of sp³-hybridized carbons (Fsp3) is 0.0833. The van der Waals surface area contributed by atoms with Gasteiger partial charge in [0, 0.05) is 12.1 Å². The molecule has 0 aliphatic carbocycles. The van der Waals surface area contributed by atoms with Crippen molar-refractivity contribution < 1.29 is 9.50 Å². The van der Waals surface area contributed by atoms with Crippen LogP contribution in [0.4, 0.5) is 10.1 Å². The van der Waals surface area contributed by atoms with Gasteiger partial charge >= 0.3 is 0 Å². The van der Waals surface area contributed by atoms with Crippen molar-refractivity contribution in [2.75, 3.05) is 5.32 Å². The van der Waals surface area contributed by atoms with E-state index in [9.17, 15) is 9.50 Å². The van der Waals surface area contributed by atoms with Crippen LogP contribution in [0.2, 0.25) is 5.15 Å². The minimum Gasteiger partial charge on any atom is -0.508 e. The SMILES string of the molecule is Oc1ccc(F)cc1CNc1ccc(Cl)nc1. The lowest BCUT2D eigenvalue weighted by Gasteiger charge is -2.07. The smallest absolute Gasteiger partial charge is 0.129 e. The van der Waals surface area contributed by atoms with Crippen molar-refractivity contribution in [1.29, 1.82) is 0 Å². The average Bonchev–Trinajstić information content (AvgIpc) is 2.32. The third kappa shape index (κ3) is 3.07. The van der Waals surface area contributed by atoms with E-state index in [1.165, 1.54) is 18.2 Å². The fourth-order valence-corrected chi connectivity index (χ4v) is 1.49. The Labute approximate surface area is 103 Å². The van der Waals surface area contributed by atoms with E-state index in [1.54, 1.807) is 18.3 Å². The first-order chi connectivity index (χ1) is 8.15. The van der Waals surface area contributed by atoms with Crippen molar-refractivity contribution in [2.45, 2.75) is 6.54 Å². The lowest BCUT2D eigenvalue weighted by atomic mass is 10.2. The van der Waals surface area contributed by atoms with Crippen molar-refractivity contribution in [3.8, 4) is 5.75 Å². The number of aromatic hydroxyl groups is 1. The largest absolute Gasteiger partial charge is 0.508 e. The summed E-state index contributed by atoms with van der Waals surface area (Å²) in [5, 5.41) is 12.9. The molecule has 1 aromatic heterocycles. The van der Waals surface area contributed by atoms with Crippen molar-refractivity contribution in [2.24, 2.45) is 0 Å². The predicted octanol–water partition coefficient (Wildman–Crippen LogP) is 3.19. The maximum Gasteiger partial charge on any atom is 0.129 e. The molecule has 2 N–H and O–H groups in total. The van der Waals surface area contributed by atoms with Gasteiger partial charge in [-0.25, -0.2) is 9.37 Å². The normalized spacial score (nSPS) is 10.2. The van der Waals surface area contributed by atoms with Crippen LogP contribution in [0.25, 0.3) is 0 Å². The Morgan fingerprint density at radius 3 is 2.82 bits per heavy atom. The van der Waals surface area contributed by atoms with E-state index in [1.807, 2.05) is 0 Å². The predicted molar refractivity (Wildman–Crippen MR) is 64.6 cm³/mol. The molecule has 0 atom stereocenters. The van der Waals surface area contributed by atoms with Gasteiger partial charge in [-0.3, -0.25) is 0 Å². The highest BCUT2D eigenvalue weighted by Crippen LogP contribution is 2.19. The number of hydrogen-bond acceptors (Lipinski definition) is 3. The molecule has 0 amide bonds. The molecule has 1 heterocycles. The van der Waals surface area contributed by atoms with Gasteiger partial charge in [-0.15, -0.1) is 0 Å². The van der Waals surface area contributed by atoms with Gasteiger partial charge in [0.05, 0.1) is 11.9 Å². The van der Waals surface area contributed by atoms with E-state index in [-0.39, 0.29) is 11.6 Å². The van der Waals surface area contributed by atoms with Gasteiger partial charge in [-0.05, 0) is 30.3 Å². The zero-order valence-corrected chi connectivity index (χ0v) is 9.58. The van der Waals surface area contributed by atoms with Crippen LogP contribution in [0, 0.1) is 5.82 Å². The monoisotopic (exact) mass is 252 g/mol. The molecule has 2 aromatic rings. The van der Waals surface area contributed by atoms with Gasteiger partial charge < -0.3 is 10.4 Å². The van der Waals surface area contributed by atoms with Gasteiger partial charge in [0.15, 0.2) is 0 Å². The Morgan fingerprint density at radius 2 is 2.12 bits per heavy atom. The summed E-state index contributed by atoms with van der Waals surface area (Å²) in [4.78, 5) is 3.90. The van der Waals surface area contributed by atoms with Crippen LogP contribution in [-0.4, -0.2) is 10.1 Å². The molecule has 88 valence electrons. The van der Waals surface area contributed by atoms with Gasteiger partial charge in [0.2, 0.25) is 0 Å². The number of nitrogens with zero attached hydrogens (tertiary/aromatic N) is 1. The summed E-state index contributed by atoms with van der Waals surface area (Å²) in [6.45, 7) is 0.312. The number of benzene rings is 1. The van der Waals surface area contributed by atoms with Crippen LogP contribution in [0.5, 0.6) is 5.75 Å². The van der Waals surface area contributed by atoms with E-state index >= 15 is 0 Å². The Kier molecular flexibility index (Phi) is 3.44. The topological polar surface area (TPSA) is 45.1 Å². The average molecular weight is 253 g/mol. The van der Waals surface area contributed by atoms with Crippen molar-refractivity contribution in [3.05, 3.63) is 53.1 Å². The standard InChI is InChI=1S/C12H10ClFN2O/c13-12-4-2-10(7-16-12)15-6-8-5-9(14)1-3-11(8)17/h1-5,7,15,17H,6H2.